The summed E-state index contributed by atoms with van der Waals surface area (Å²) in [5, 5.41) is 0. The van der Waals surface area contributed by atoms with Crippen molar-refractivity contribution in [3.8, 4) is 0 Å². The van der Waals surface area contributed by atoms with E-state index in [2.05, 4.69) is 34.3 Å². The van der Waals surface area contributed by atoms with Crippen LogP contribution in [0, 0.1) is 11.8 Å². The zero-order chi connectivity index (χ0) is 9.56. The van der Waals surface area contributed by atoms with Gasteiger partial charge in [0, 0.05) is 6.61 Å². The molecule has 1 atom stereocenters. The third-order valence-corrected chi connectivity index (χ3v) is 1.79. The molecule has 0 aromatic carbocycles. The van der Waals surface area contributed by atoms with Crippen LogP contribution in [-0.4, -0.2) is 12.7 Å². The average molecular weight is 170 g/mol. The quantitative estimate of drug-likeness (QED) is 0.556. The summed E-state index contributed by atoms with van der Waals surface area (Å²) in [6.07, 6.45) is 3.25. The molecule has 0 aromatic heterocycles. The molecule has 0 heterocycles. The van der Waals surface area contributed by atoms with Crippen molar-refractivity contribution in [1.82, 2.24) is 0 Å². The molecule has 0 saturated carbocycles. The Kier molecular flexibility index (Phi) is 6.09. The lowest BCUT2D eigenvalue weighted by Gasteiger charge is -2.21. The molecule has 0 fully saturated rings. The molecule has 0 rings (SSSR count). The molecule has 12 heavy (non-hydrogen) atoms. The Balaban J connectivity index is 3.70. The van der Waals surface area contributed by atoms with Gasteiger partial charge in [0.1, 0.15) is 0 Å². The van der Waals surface area contributed by atoms with E-state index in [1.165, 1.54) is 0 Å². The highest BCUT2D eigenvalue weighted by molar-refractivity contribution is 4.75. The minimum Gasteiger partial charge on any atom is -0.377 e. The van der Waals surface area contributed by atoms with E-state index in [9.17, 15) is 0 Å². The second kappa shape index (κ2) is 6.24. The van der Waals surface area contributed by atoms with Gasteiger partial charge in [-0.3, -0.25) is 0 Å². The van der Waals surface area contributed by atoms with Crippen LogP contribution in [0.4, 0.5) is 0 Å². The third kappa shape index (κ3) is 5.36. The Bertz CT molecular complexity index is 116. The van der Waals surface area contributed by atoms with E-state index >= 15 is 0 Å². The van der Waals surface area contributed by atoms with E-state index in [4.69, 9.17) is 4.74 Å². The van der Waals surface area contributed by atoms with Crippen molar-refractivity contribution in [1.29, 1.82) is 0 Å². The summed E-state index contributed by atoms with van der Waals surface area (Å²) in [6, 6.07) is 0. The number of hydrogen-bond acceptors (Lipinski definition) is 1. The zero-order valence-electron chi connectivity index (χ0n) is 8.84. The van der Waals surface area contributed by atoms with Crippen molar-refractivity contribution in [2.45, 2.75) is 40.2 Å². The molecule has 1 heteroatoms. The maximum Gasteiger partial charge on any atom is 0.0632 e. The first-order chi connectivity index (χ1) is 5.57. The van der Waals surface area contributed by atoms with Crippen molar-refractivity contribution >= 4 is 0 Å². The van der Waals surface area contributed by atoms with Crippen LogP contribution in [0.15, 0.2) is 12.7 Å². The molecule has 0 aliphatic carbocycles. The van der Waals surface area contributed by atoms with Gasteiger partial charge in [-0.1, -0.05) is 33.8 Å². The van der Waals surface area contributed by atoms with Crippen molar-refractivity contribution in [2.75, 3.05) is 6.61 Å². The Labute approximate surface area is 76.8 Å². The smallest absolute Gasteiger partial charge is 0.0632 e. The minimum atomic E-state index is 0.352. The van der Waals surface area contributed by atoms with Gasteiger partial charge in [-0.15, -0.1) is 6.58 Å². The second-order valence-electron chi connectivity index (χ2n) is 4.03. The van der Waals surface area contributed by atoms with Gasteiger partial charge < -0.3 is 4.74 Å². The number of hydrogen-bond donors (Lipinski definition) is 0. The summed E-state index contributed by atoms with van der Waals surface area (Å²) in [6.45, 7) is 13.3. The zero-order valence-corrected chi connectivity index (χ0v) is 8.84. The van der Waals surface area contributed by atoms with Crippen LogP contribution in [0.2, 0.25) is 0 Å². The molecule has 0 aliphatic rings. The Morgan fingerprint density at radius 3 is 2.17 bits per heavy atom. The van der Waals surface area contributed by atoms with E-state index in [0.29, 0.717) is 17.9 Å². The van der Waals surface area contributed by atoms with Gasteiger partial charge in [0.15, 0.2) is 0 Å². The first kappa shape index (κ1) is 11.7. The fourth-order valence-electron chi connectivity index (χ4n) is 1.01. The summed E-state index contributed by atoms with van der Waals surface area (Å²) >= 11 is 0. The van der Waals surface area contributed by atoms with Gasteiger partial charge in [0.25, 0.3) is 0 Å². The molecule has 0 radical (unpaired) electrons. The fourth-order valence-corrected chi connectivity index (χ4v) is 1.01. The van der Waals surface area contributed by atoms with Crippen LogP contribution in [0.25, 0.3) is 0 Å². The molecule has 0 aromatic rings. The minimum absolute atomic E-state index is 0.352. The van der Waals surface area contributed by atoms with Gasteiger partial charge in [-0.2, -0.15) is 0 Å². The van der Waals surface area contributed by atoms with Crippen LogP contribution in [0.3, 0.4) is 0 Å². The van der Waals surface area contributed by atoms with Crippen molar-refractivity contribution < 1.29 is 4.74 Å². The summed E-state index contributed by atoms with van der Waals surface area (Å²) in [5.74, 6) is 1.21. The van der Waals surface area contributed by atoms with Crippen molar-refractivity contribution in [2.24, 2.45) is 11.8 Å². The standard InChI is InChI=1S/C11H22O/c1-6-7-11(10(4)5)12-8-9(2)3/h6,9-11H,1,7-8H2,2-5H3. The Morgan fingerprint density at radius 1 is 1.25 bits per heavy atom. The first-order valence-corrected chi connectivity index (χ1v) is 4.80. The van der Waals surface area contributed by atoms with Gasteiger partial charge in [0.2, 0.25) is 0 Å². The molecule has 72 valence electrons. The Hall–Kier alpha value is -0.300. The van der Waals surface area contributed by atoms with Crippen LogP contribution < -0.4 is 0 Å². The van der Waals surface area contributed by atoms with Crippen molar-refractivity contribution in [3.63, 3.8) is 0 Å². The lowest BCUT2D eigenvalue weighted by Crippen LogP contribution is -2.21. The topological polar surface area (TPSA) is 9.23 Å². The predicted octanol–water partition coefficient (Wildman–Crippen LogP) is 3.26. The van der Waals surface area contributed by atoms with Crippen molar-refractivity contribution in [3.05, 3.63) is 12.7 Å². The molecule has 1 unspecified atom stereocenters. The van der Waals surface area contributed by atoms with Gasteiger partial charge >= 0.3 is 0 Å². The molecular weight excluding hydrogens is 148 g/mol. The van der Waals surface area contributed by atoms with E-state index in [1.807, 2.05) is 6.08 Å². The highest BCUT2D eigenvalue weighted by Crippen LogP contribution is 2.12. The molecule has 0 N–H and O–H groups in total. The maximum atomic E-state index is 5.73. The van der Waals surface area contributed by atoms with Gasteiger partial charge in [-0.25, -0.2) is 0 Å². The summed E-state index contributed by atoms with van der Waals surface area (Å²) < 4.78 is 5.73. The van der Waals surface area contributed by atoms with E-state index < -0.39 is 0 Å². The maximum absolute atomic E-state index is 5.73. The van der Waals surface area contributed by atoms with Crippen LogP contribution in [0.5, 0.6) is 0 Å². The predicted molar refractivity (Wildman–Crippen MR) is 54.2 cm³/mol. The average Bonchev–Trinajstić information content (AvgIpc) is 1.96. The molecule has 0 aliphatic heterocycles. The lowest BCUT2D eigenvalue weighted by atomic mass is 10.0. The van der Waals surface area contributed by atoms with E-state index in [0.717, 1.165) is 13.0 Å². The molecule has 0 amide bonds. The molecule has 0 bridgehead atoms. The monoisotopic (exact) mass is 170 g/mol. The lowest BCUT2D eigenvalue weighted by molar-refractivity contribution is 0.00987. The molecule has 1 nitrogen and oxygen atoms in total. The SMILES string of the molecule is C=CCC(OCC(C)C)C(C)C. The largest absolute Gasteiger partial charge is 0.377 e. The highest BCUT2D eigenvalue weighted by atomic mass is 16.5. The van der Waals surface area contributed by atoms with Crippen LogP contribution in [0.1, 0.15) is 34.1 Å². The third-order valence-electron chi connectivity index (χ3n) is 1.79. The normalized spacial score (nSPS) is 13.8. The van der Waals surface area contributed by atoms with E-state index in [1.54, 1.807) is 0 Å². The molecular formula is C11H22O. The molecule has 0 saturated heterocycles. The summed E-state index contributed by atoms with van der Waals surface area (Å²) in [5.41, 5.74) is 0. The summed E-state index contributed by atoms with van der Waals surface area (Å²) in [4.78, 5) is 0. The first-order valence-electron chi connectivity index (χ1n) is 4.80. The van der Waals surface area contributed by atoms with Crippen LogP contribution in [-0.2, 0) is 4.74 Å². The second-order valence-corrected chi connectivity index (χ2v) is 4.03. The number of ether oxygens (including phenoxy) is 1. The Morgan fingerprint density at radius 2 is 1.83 bits per heavy atom. The van der Waals surface area contributed by atoms with E-state index in [-0.39, 0.29) is 0 Å². The highest BCUT2D eigenvalue weighted by Gasteiger charge is 2.12. The summed E-state index contributed by atoms with van der Waals surface area (Å²) in [7, 11) is 0. The van der Waals surface area contributed by atoms with Gasteiger partial charge in [-0.05, 0) is 18.3 Å². The molecule has 0 spiro atoms. The van der Waals surface area contributed by atoms with Crippen LogP contribution >= 0.6 is 0 Å². The fraction of sp³-hybridized carbons (Fsp3) is 0.818. The number of rotatable bonds is 6. The van der Waals surface area contributed by atoms with Gasteiger partial charge in [0.05, 0.1) is 6.10 Å².